The first kappa shape index (κ1) is 15.4. The Hall–Kier alpha value is -0.680. The minimum atomic E-state index is -0.0908. The van der Waals surface area contributed by atoms with Gasteiger partial charge in [0, 0.05) is 11.9 Å². The molecule has 1 amide bonds. The molecule has 1 unspecified atom stereocenters. The monoisotopic (exact) mass is 289 g/mol. The largest absolute Gasteiger partial charge is 0.348 e. The molecule has 1 aromatic heterocycles. The molecule has 6 heteroatoms. The van der Waals surface area contributed by atoms with Crippen molar-refractivity contribution in [2.24, 2.45) is 5.41 Å². The van der Waals surface area contributed by atoms with Gasteiger partial charge in [-0.1, -0.05) is 32.2 Å². The van der Waals surface area contributed by atoms with Crippen LogP contribution in [0.3, 0.4) is 0 Å². The first-order chi connectivity index (χ1) is 8.40. The number of hydrogen-bond acceptors (Lipinski definition) is 4. The van der Waals surface area contributed by atoms with E-state index in [-0.39, 0.29) is 17.4 Å². The third-order valence-corrected chi connectivity index (χ3v) is 3.83. The third-order valence-electron chi connectivity index (χ3n) is 2.85. The molecule has 0 spiro atoms. The number of carbonyl (C=O) groups is 1. The average molecular weight is 290 g/mol. The molecular formula is C12H20ClN3OS. The van der Waals surface area contributed by atoms with Crippen LogP contribution in [0.2, 0.25) is 0 Å². The number of hydrogen-bond donors (Lipinski definition) is 1. The summed E-state index contributed by atoms with van der Waals surface area (Å²) in [6, 6.07) is 0.0503. The van der Waals surface area contributed by atoms with Crippen LogP contribution in [0.1, 0.15) is 49.5 Å². The Labute approximate surface area is 117 Å². The number of nitrogens with zero attached hydrogens (tertiary/aromatic N) is 2. The van der Waals surface area contributed by atoms with Gasteiger partial charge in [0.25, 0.3) is 5.91 Å². The van der Waals surface area contributed by atoms with Gasteiger partial charge in [0.1, 0.15) is 4.88 Å². The molecule has 1 atom stereocenters. The number of amides is 1. The van der Waals surface area contributed by atoms with E-state index in [1.807, 2.05) is 6.92 Å². The molecule has 0 fully saturated rings. The fourth-order valence-corrected chi connectivity index (χ4v) is 2.54. The molecule has 0 saturated heterocycles. The first-order valence-corrected chi connectivity index (χ1v) is 7.39. The number of halogens is 1. The second-order valence-corrected chi connectivity index (χ2v) is 6.40. The van der Waals surface area contributed by atoms with Gasteiger partial charge in [-0.05, 0) is 29.8 Å². The maximum absolute atomic E-state index is 12.2. The van der Waals surface area contributed by atoms with Gasteiger partial charge < -0.3 is 5.32 Å². The van der Waals surface area contributed by atoms with E-state index in [0.717, 1.165) is 30.1 Å². The van der Waals surface area contributed by atoms with Gasteiger partial charge in [-0.25, -0.2) is 0 Å². The minimum absolute atomic E-state index is 0.0188. The predicted octanol–water partition coefficient (Wildman–Crippen LogP) is 2.87. The Morgan fingerprint density at radius 3 is 2.67 bits per heavy atom. The average Bonchev–Trinajstić information content (AvgIpc) is 2.75. The van der Waals surface area contributed by atoms with Crippen LogP contribution < -0.4 is 5.32 Å². The lowest BCUT2D eigenvalue weighted by atomic mass is 9.85. The van der Waals surface area contributed by atoms with Crippen LogP contribution in [-0.2, 0) is 6.42 Å². The summed E-state index contributed by atoms with van der Waals surface area (Å²) in [6.07, 6.45) is 1.47. The molecule has 0 radical (unpaired) electrons. The van der Waals surface area contributed by atoms with Crippen molar-refractivity contribution in [2.45, 2.75) is 46.6 Å². The highest BCUT2D eigenvalue weighted by molar-refractivity contribution is 7.08. The Balaban J connectivity index is 2.79. The van der Waals surface area contributed by atoms with E-state index in [1.165, 1.54) is 0 Å². The normalized spacial score (nSPS) is 13.4. The van der Waals surface area contributed by atoms with E-state index < -0.39 is 0 Å². The number of alkyl halides is 1. The Kier molecular flexibility index (Phi) is 5.53. The van der Waals surface area contributed by atoms with Crippen molar-refractivity contribution in [1.29, 1.82) is 0 Å². The zero-order valence-corrected chi connectivity index (χ0v) is 12.9. The van der Waals surface area contributed by atoms with Crippen molar-refractivity contribution in [3.63, 3.8) is 0 Å². The number of aromatic nitrogens is 2. The second kappa shape index (κ2) is 6.48. The van der Waals surface area contributed by atoms with Crippen LogP contribution in [-0.4, -0.2) is 27.4 Å². The van der Waals surface area contributed by atoms with Crippen LogP contribution in [0.5, 0.6) is 0 Å². The molecule has 1 heterocycles. The zero-order valence-electron chi connectivity index (χ0n) is 11.3. The van der Waals surface area contributed by atoms with Crippen molar-refractivity contribution < 1.29 is 4.79 Å². The highest BCUT2D eigenvalue weighted by Gasteiger charge is 2.27. The molecule has 1 rings (SSSR count). The standard InChI is InChI=1S/C12H20ClN3OS/c1-5-8-10(18-16-15-8)11(17)14-9(6-7-13)12(2,3)4/h9H,5-7H2,1-4H3,(H,14,17). The number of aryl methyl sites for hydroxylation is 1. The van der Waals surface area contributed by atoms with Gasteiger partial charge in [0.05, 0.1) is 5.69 Å². The van der Waals surface area contributed by atoms with E-state index >= 15 is 0 Å². The molecule has 1 N–H and O–H groups in total. The summed E-state index contributed by atoms with van der Waals surface area (Å²) in [6.45, 7) is 8.25. The van der Waals surface area contributed by atoms with Crippen LogP contribution in [0.25, 0.3) is 0 Å². The SMILES string of the molecule is CCc1nnsc1C(=O)NC(CCCl)C(C)(C)C. The second-order valence-electron chi connectivity index (χ2n) is 5.27. The van der Waals surface area contributed by atoms with Crippen molar-refractivity contribution in [3.05, 3.63) is 10.6 Å². The lowest BCUT2D eigenvalue weighted by Gasteiger charge is -2.30. The van der Waals surface area contributed by atoms with Crippen molar-refractivity contribution in [2.75, 3.05) is 5.88 Å². The molecule has 0 aliphatic rings. The molecule has 1 aromatic rings. The molecule has 0 aromatic carbocycles. The van der Waals surface area contributed by atoms with Gasteiger partial charge in [-0.2, -0.15) is 0 Å². The third kappa shape index (κ3) is 3.92. The summed E-state index contributed by atoms with van der Waals surface area (Å²) in [4.78, 5) is 12.8. The maximum atomic E-state index is 12.2. The molecule has 0 aliphatic heterocycles. The van der Waals surface area contributed by atoms with E-state index in [0.29, 0.717) is 10.8 Å². The zero-order chi connectivity index (χ0) is 13.8. The number of nitrogens with one attached hydrogen (secondary N) is 1. The highest BCUT2D eigenvalue weighted by atomic mass is 35.5. The van der Waals surface area contributed by atoms with E-state index in [1.54, 1.807) is 0 Å². The topological polar surface area (TPSA) is 54.9 Å². The lowest BCUT2D eigenvalue weighted by molar-refractivity contribution is 0.0903. The van der Waals surface area contributed by atoms with E-state index in [4.69, 9.17) is 11.6 Å². The molecule has 4 nitrogen and oxygen atoms in total. The first-order valence-electron chi connectivity index (χ1n) is 6.08. The van der Waals surface area contributed by atoms with Crippen molar-refractivity contribution >= 4 is 29.0 Å². The van der Waals surface area contributed by atoms with E-state index in [2.05, 4.69) is 35.7 Å². The van der Waals surface area contributed by atoms with Crippen LogP contribution in [0, 0.1) is 5.41 Å². The van der Waals surface area contributed by atoms with Gasteiger partial charge in [0.15, 0.2) is 0 Å². The molecule has 102 valence electrons. The lowest BCUT2D eigenvalue weighted by Crippen LogP contribution is -2.44. The van der Waals surface area contributed by atoms with Crippen molar-refractivity contribution in [3.8, 4) is 0 Å². The van der Waals surface area contributed by atoms with Crippen LogP contribution >= 0.6 is 23.1 Å². The Morgan fingerprint density at radius 2 is 2.17 bits per heavy atom. The maximum Gasteiger partial charge on any atom is 0.265 e. The van der Waals surface area contributed by atoms with Crippen molar-refractivity contribution in [1.82, 2.24) is 14.9 Å². The molecule has 0 aliphatic carbocycles. The summed E-state index contributed by atoms with van der Waals surface area (Å²) in [5.74, 6) is 0.441. The Bertz CT molecular complexity index is 400. The fourth-order valence-electron chi connectivity index (χ4n) is 1.67. The predicted molar refractivity (Wildman–Crippen MR) is 75.3 cm³/mol. The summed E-state index contributed by atoms with van der Waals surface area (Å²) in [7, 11) is 0. The molecule has 0 bridgehead atoms. The molecular weight excluding hydrogens is 270 g/mol. The highest BCUT2D eigenvalue weighted by Crippen LogP contribution is 2.23. The molecule has 0 saturated carbocycles. The van der Waals surface area contributed by atoms with Crippen LogP contribution in [0.15, 0.2) is 0 Å². The van der Waals surface area contributed by atoms with E-state index in [9.17, 15) is 4.79 Å². The van der Waals surface area contributed by atoms with Crippen LogP contribution in [0.4, 0.5) is 0 Å². The van der Waals surface area contributed by atoms with Gasteiger partial charge in [-0.3, -0.25) is 4.79 Å². The van der Waals surface area contributed by atoms with Gasteiger partial charge >= 0.3 is 0 Å². The molecule has 18 heavy (non-hydrogen) atoms. The number of carbonyl (C=O) groups excluding carboxylic acids is 1. The Morgan fingerprint density at radius 1 is 1.50 bits per heavy atom. The summed E-state index contributed by atoms with van der Waals surface area (Å²) in [5, 5.41) is 6.99. The smallest absolute Gasteiger partial charge is 0.265 e. The number of rotatable bonds is 5. The fraction of sp³-hybridized carbons (Fsp3) is 0.750. The minimum Gasteiger partial charge on any atom is -0.348 e. The van der Waals surface area contributed by atoms with Gasteiger partial charge in [-0.15, -0.1) is 16.7 Å². The quantitative estimate of drug-likeness (QED) is 0.848. The summed E-state index contributed by atoms with van der Waals surface area (Å²) >= 11 is 6.94. The summed E-state index contributed by atoms with van der Waals surface area (Å²) < 4.78 is 3.83. The summed E-state index contributed by atoms with van der Waals surface area (Å²) in [5.41, 5.74) is 0.741. The van der Waals surface area contributed by atoms with Gasteiger partial charge in [0.2, 0.25) is 0 Å².